The molecule has 6 nitrogen and oxygen atoms in total. The number of anilines is 3. The fourth-order valence-corrected chi connectivity index (χ4v) is 3.01. The second kappa shape index (κ2) is 6.82. The molecule has 0 aliphatic carbocycles. The van der Waals surface area contributed by atoms with Gasteiger partial charge in [0.2, 0.25) is 5.91 Å². The summed E-state index contributed by atoms with van der Waals surface area (Å²) in [5.74, 6) is -0.127. The van der Waals surface area contributed by atoms with E-state index in [1.165, 1.54) is 17.0 Å². The van der Waals surface area contributed by atoms with E-state index in [1.807, 2.05) is 0 Å². The minimum absolute atomic E-state index is 0.164. The van der Waals surface area contributed by atoms with Gasteiger partial charge < -0.3 is 15.8 Å². The Morgan fingerprint density at radius 1 is 1.28 bits per heavy atom. The Labute approximate surface area is 154 Å². The second-order valence-electron chi connectivity index (χ2n) is 5.55. The molecule has 0 fully saturated rings. The largest absolute Gasteiger partial charge is 0.479 e. The first-order valence-corrected chi connectivity index (χ1v) is 8.24. The minimum atomic E-state index is -0.664. The summed E-state index contributed by atoms with van der Waals surface area (Å²) in [6.45, 7) is 1.48. The number of ether oxygens (including phenoxy) is 1. The topological polar surface area (TPSA) is 84.7 Å². The quantitative estimate of drug-likeness (QED) is 0.800. The van der Waals surface area contributed by atoms with Crippen molar-refractivity contribution in [1.29, 1.82) is 0 Å². The first kappa shape index (κ1) is 17.4. The molecule has 1 unspecified atom stereocenters. The molecule has 3 N–H and O–H groups in total. The van der Waals surface area contributed by atoms with Crippen LogP contribution in [-0.2, 0) is 9.59 Å². The summed E-state index contributed by atoms with van der Waals surface area (Å²) in [5, 5.41) is 3.15. The third-order valence-electron chi connectivity index (χ3n) is 3.74. The molecule has 2 aromatic carbocycles. The van der Waals surface area contributed by atoms with Crippen LogP contribution >= 0.6 is 23.2 Å². The van der Waals surface area contributed by atoms with Crippen molar-refractivity contribution in [2.24, 2.45) is 0 Å². The molecule has 1 atom stereocenters. The Kier molecular flexibility index (Phi) is 4.74. The molecular weight excluding hydrogens is 365 g/mol. The maximum Gasteiger partial charge on any atom is 0.268 e. The Bertz CT molecular complexity index is 834. The lowest BCUT2D eigenvalue weighted by Crippen LogP contribution is -2.47. The maximum atomic E-state index is 12.4. The summed E-state index contributed by atoms with van der Waals surface area (Å²) in [7, 11) is 0. The van der Waals surface area contributed by atoms with Gasteiger partial charge in [-0.3, -0.25) is 14.5 Å². The van der Waals surface area contributed by atoms with Gasteiger partial charge in [0.05, 0.1) is 21.4 Å². The zero-order valence-corrected chi connectivity index (χ0v) is 14.8. The minimum Gasteiger partial charge on any atom is -0.479 e. The third kappa shape index (κ3) is 3.50. The average Bonchev–Trinajstić information content (AvgIpc) is 2.56. The molecule has 25 heavy (non-hydrogen) atoms. The van der Waals surface area contributed by atoms with Crippen molar-refractivity contribution in [2.75, 3.05) is 22.5 Å². The van der Waals surface area contributed by atoms with E-state index in [-0.39, 0.29) is 28.2 Å². The molecule has 130 valence electrons. The lowest BCUT2D eigenvalue weighted by atomic mass is 10.2. The fourth-order valence-electron chi connectivity index (χ4n) is 2.52. The predicted molar refractivity (Wildman–Crippen MR) is 98.4 cm³/mol. The predicted octanol–water partition coefficient (Wildman–Crippen LogP) is 3.33. The van der Waals surface area contributed by atoms with Crippen LogP contribution < -0.4 is 20.7 Å². The molecule has 0 aromatic heterocycles. The molecule has 0 radical (unpaired) electrons. The molecule has 1 aliphatic rings. The van der Waals surface area contributed by atoms with Crippen LogP contribution in [0.3, 0.4) is 0 Å². The number of hydrogen-bond acceptors (Lipinski definition) is 4. The first-order valence-electron chi connectivity index (χ1n) is 7.48. The summed E-state index contributed by atoms with van der Waals surface area (Å²) < 4.78 is 5.55. The average molecular weight is 380 g/mol. The monoisotopic (exact) mass is 379 g/mol. The number of nitrogens with two attached hydrogens (primary N) is 1. The van der Waals surface area contributed by atoms with Gasteiger partial charge in [0.1, 0.15) is 12.3 Å². The summed E-state index contributed by atoms with van der Waals surface area (Å²) in [6.07, 6.45) is -0.664. The summed E-state index contributed by atoms with van der Waals surface area (Å²) in [4.78, 5) is 26.2. The Hall–Kier alpha value is -2.44. The van der Waals surface area contributed by atoms with Crippen LogP contribution in [0.25, 0.3) is 0 Å². The molecule has 1 aliphatic heterocycles. The number of fused-ring (bicyclic) bond motifs is 1. The lowest BCUT2D eigenvalue weighted by molar-refractivity contribution is -0.127. The van der Waals surface area contributed by atoms with E-state index < -0.39 is 12.0 Å². The van der Waals surface area contributed by atoms with Gasteiger partial charge in [0.15, 0.2) is 6.10 Å². The van der Waals surface area contributed by atoms with Gasteiger partial charge >= 0.3 is 0 Å². The molecule has 2 amide bonds. The van der Waals surface area contributed by atoms with Crippen molar-refractivity contribution in [3.63, 3.8) is 0 Å². The van der Waals surface area contributed by atoms with Crippen molar-refractivity contribution in [2.45, 2.75) is 13.0 Å². The van der Waals surface area contributed by atoms with Crippen LogP contribution in [0, 0.1) is 0 Å². The highest BCUT2D eigenvalue weighted by atomic mass is 35.5. The number of para-hydroxylation sites is 2. The standard InChI is InChI=1S/C17H15Cl2N3O3/c1-9-17(24)22(13-4-2-3-5-14(13)25-9)8-15(23)21-10-6-11(18)16(20)12(19)7-10/h2-7,9H,8,20H2,1H3,(H,21,23). The number of hydrogen-bond donors (Lipinski definition) is 2. The van der Waals surface area contributed by atoms with Gasteiger partial charge in [-0.2, -0.15) is 0 Å². The molecule has 0 saturated heterocycles. The maximum absolute atomic E-state index is 12.4. The number of nitrogens with one attached hydrogen (secondary N) is 1. The summed E-state index contributed by atoms with van der Waals surface area (Å²) in [6, 6.07) is 10.1. The van der Waals surface area contributed by atoms with Crippen LogP contribution in [0.4, 0.5) is 17.1 Å². The van der Waals surface area contributed by atoms with Gasteiger partial charge in [-0.1, -0.05) is 35.3 Å². The number of halogens is 2. The highest BCUT2D eigenvalue weighted by Crippen LogP contribution is 2.34. The third-order valence-corrected chi connectivity index (χ3v) is 4.36. The van der Waals surface area contributed by atoms with E-state index in [9.17, 15) is 9.59 Å². The lowest BCUT2D eigenvalue weighted by Gasteiger charge is -2.32. The van der Waals surface area contributed by atoms with Gasteiger partial charge in [-0.15, -0.1) is 0 Å². The van der Waals surface area contributed by atoms with Gasteiger partial charge in [-0.25, -0.2) is 0 Å². The highest BCUT2D eigenvalue weighted by molar-refractivity contribution is 6.39. The zero-order chi connectivity index (χ0) is 18.1. The Morgan fingerprint density at radius 2 is 1.92 bits per heavy atom. The van der Waals surface area contributed by atoms with Gasteiger partial charge in [0.25, 0.3) is 5.91 Å². The van der Waals surface area contributed by atoms with Gasteiger partial charge in [-0.05, 0) is 31.2 Å². The van der Waals surface area contributed by atoms with E-state index in [2.05, 4.69) is 5.32 Å². The molecule has 3 rings (SSSR count). The van der Waals surface area contributed by atoms with E-state index in [1.54, 1.807) is 31.2 Å². The Balaban J connectivity index is 1.80. The molecule has 0 spiro atoms. The second-order valence-corrected chi connectivity index (χ2v) is 6.37. The number of benzene rings is 2. The van der Waals surface area contributed by atoms with E-state index in [4.69, 9.17) is 33.7 Å². The van der Waals surface area contributed by atoms with E-state index in [0.29, 0.717) is 17.1 Å². The zero-order valence-electron chi connectivity index (χ0n) is 13.3. The Morgan fingerprint density at radius 3 is 2.60 bits per heavy atom. The van der Waals surface area contributed by atoms with Crippen molar-refractivity contribution < 1.29 is 14.3 Å². The van der Waals surface area contributed by atoms with Crippen LogP contribution in [0.5, 0.6) is 5.75 Å². The van der Waals surface area contributed by atoms with Crippen LogP contribution in [-0.4, -0.2) is 24.5 Å². The number of amides is 2. The number of carbonyl (C=O) groups is 2. The molecule has 0 bridgehead atoms. The first-order chi connectivity index (χ1) is 11.9. The van der Waals surface area contributed by atoms with Gasteiger partial charge in [0, 0.05) is 5.69 Å². The molecule has 2 aromatic rings. The molecular formula is C17H15Cl2N3O3. The normalized spacial score (nSPS) is 16.2. The number of rotatable bonds is 3. The number of nitrogens with zero attached hydrogens (tertiary/aromatic N) is 1. The molecule has 1 heterocycles. The molecule has 0 saturated carbocycles. The van der Waals surface area contributed by atoms with E-state index >= 15 is 0 Å². The van der Waals surface area contributed by atoms with Crippen molar-refractivity contribution in [3.8, 4) is 5.75 Å². The van der Waals surface area contributed by atoms with Crippen molar-refractivity contribution in [1.82, 2.24) is 0 Å². The van der Waals surface area contributed by atoms with Crippen LogP contribution in [0.15, 0.2) is 36.4 Å². The van der Waals surface area contributed by atoms with E-state index in [0.717, 1.165) is 0 Å². The summed E-state index contributed by atoms with van der Waals surface area (Å²) >= 11 is 11.9. The van der Waals surface area contributed by atoms with Crippen molar-refractivity contribution >= 4 is 52.1 Å². The summed E-state index contributed by atoms with van der Waals surface area (Å²) in [5.41, 5.74) is 6.87. The SMILES string of the molecule is CC1Oc2ccccc2N(CC(=O)Nc2cc(Cl)c(N)c(Cl)c2)C1=O. The fraction of sp³-hybridized carbons (Fsp3) is 0.176. The number of nitrogen functional groups attached to an aromatic ring is 1. The van der Waals surface area contributed by atoms with Crippen LogP contribution in [0.2, 0.25) is 10.0 Å². The highest BCUT2D eigenvalue weighted by Gasteiger charge is 2.32. The van der Waals surface area contributed by atoms with Crippen LogP contribution in [0.1, 0.15) is 6.92 Å². The molecule has 8 heteroatoms. The van der Waals surface area contributed by atoms with Crippen molar-refractivity contribution in [3.05, 3.63) is 46.4 Å². The smallest absolute Gasteiger partial charge is 0.268 e. The number of carbonyl (C=O) groups excluding carboxylic acids is 2.